The highest BCUT2D eigenvalue weighted by Crippen LogP contribution is 2.31. The van der Waals surface area contributed by atoms with Crippen LogP contribution in [0.25, 0.3) is 0 Å². The second kappa shape index (κ2) is 6.59. The summed E-state index contributed by atoms with van der Waals surface area (Å²) in [6.45, 7) is 2.01. The molecule has 1 aliphatic rings. The van der Waals surface area contributed by atoms with Crippen molar-refractivity contribution in [3.63, 3.8) is 0 Å². The van der Waals surface area contributed by atoms with Gasteiger partial charge in [0, 0.05) is 18.6 Å². The van der Waals surface area contributed by atoms with E-state index < -0.39 is 5.97 Å². The van der Waals surface area contributed by atoms with E-state index in [2.05, 4.69) is 5.32 Å². The highest BCUT2D eigenvalue weighted by atomic mass is 16.4. The molecule has 1 rings (SSSR count). The van der Waals surface area contributed by atoms with Crippen LogP contribution in [0, 0.1) is 11.8 Å². The van der Waals surface area contributed by atoms with Crippen LogP contribution in [0.1, 0.15) is 39.0 Å². The molecule has 3 atom stereocenters. The molecule has 5 heteroatoms. The van der Waals surface area contributed by atoms with E-state index >= 15 is 0 Å². The van der Waals surface area contributed by atoms with Gasteiger partial charge in [-0.2, -0.15) is 0 Å². The summed E-state index contributed by atoms with van der Waals surface area (Å²) in [5, 5.41) is 20.6. The Kier molecular flexibility index (Phi) is 5.41. The molecule has 3 N–H and O–H groups in total. The van der Waals surface area contributed by atoms with Gasteiger partial charge in [0.25, 0.3) is 0 Å². The molecule has 0 aliphatic heterocycles. The first kappa shape index (κ1) is 14.0. The van der Waals surface area contributed by atoms with Crippen LogP contribution in [-0.2, 0) is 9.59 Å². The van der Waals surface area contributed by atoms with Gasteiger partial charge in [-0.05, 0) is 32.1 Å². The number of nitrogens with one attached hydrogen (secondary N) is 1. The van der Waals surface area contributed by atoms with Crippen molar-refractivity contribution in [1.29, 1.82) is 0 Å². The maximum atomic E-state index is 11.9. The molecular formula is C12H21NO4. The number of carboxylic acid groups (broad SMARTS) is 1. The molecule has 5 nitrogen and oxygen atoms in total. The Bertz CT molecular complexity index is 280. The predicted octanol–water partition coefficient (Wildman–Crippen LogP) is 0.764. The van der Waals surface area contributed by atoms with Gasteiger partial charge in [0.05, 0.1) is 5.92 Å². The van der Waals surface area contributed by atoms with Gasteiger partial charge in [-0.3, -0.25) is 9.59 Å². The Morgan fingerprint density at radius 2 is 2.00 bits per heavy atom. The number of carbonyl (C=O) groups excluding carboxylic acids is 1. The molecule has 0 spiro atoms. The first-order valence-electron chi connectivity index (χ1n) is 6.22. The molecule has 1 saturated carbocycles. The number of hydrogen-bond acceptors (Lipinski definition) is 3. The Balaban J connectivity index is 2.41. The fourth-order valence-corrected chi connectivity index (χ4v) is 2.30. The third kappa shape index (κ3) is 4.00. The van der Waals surface area contributed by atoms with Crippen LogP contribution in [0.5, 0.6) is 0 Å². The van der Waals surface area contributed by atoms with Crippen molar-refractivity contribution in [3.8, 4) is 0 Å². The number of amides is 1. The van der Waals surface area contributed by atoms with E-state index in [1.54, 1.807) is 0 Å². The zero-order valence-electron chi connectivity index (χ0n) is 10.2. The van der Waals surface area contributed by atoms with Gasteiger partial charge < -0.3 is 15.5 Å². The third-order valence-corrected chi connectivity index (χ3v) is 3.47. The summed E-state index contributed by atoms with van der Waals surface area (Å²) >= 11 is 0. The predicted molar refractivity (Wildman–Crippen MR) is 62.4 cm³/mol. The molecule has 0 bridgehead atoms. The van der Waals surface area contributed by atoms with Crippen LogP contribution in [0.4, 0.5) is 0 Å². The number of aliphatic hydroxyl groups is 1. The summed E-state index contributed by atoms with van der Waals surface area (Å²) in [6, 6.07) is -0.00335. The second-order valence-electron chi connectivity index (χ2n) is 4.67. The third-order valence-electron chi connectivity index (χ3n) is 3.47. The van der Waals surface area contributed by atoms with E-state index in [1.165, 1.54) is 0 Å². The molecule has 17 heavy (non-hydrogen) atoms. The van der Waals surface area contributed by atoms with Crippen LogP contribution in [-0.4, -0.2) is 34.7 Å². The minimum atomic E-state index is -0.803. The molecule has 3 unspecified atom stereocenters. The largest absolute Gasteiger partial charge is 0.481 e. The maximum Gasteiger partial charge on any atom is 0.306 e. The molecular weight excluding hydrogens is 222 g/mol. The normalized spacial score (nSPS) is 25.5. The topological polar surface area (TPSA) is 86.6 Å². The van der Waals surface area contributed by atoms with E-state index in [9.17, 15) is 9.59 Å². The van der Waals surface area contributed by atoms with Crippen LogP contribution in [0.15, 0.2) is 0 Å². The Morgan fingerprint density at radius 3 is 2.47 bits per heavy atom. The van der Waals surface area contributed by atoms with Crippen molar-refractivity contribution < 1.29 is 19.8 Å². The van der Waals surface area contributed by atoms with Gasteiger partial charge in [-0.15, -0.1) is 0 Å². The fourth-order valence-electron chi connectivity index (χ4n) is 2.30. The van der Waals surface area contributed by atoms with Crippen LogP contribution in [0.3, 0.4) is 0 Å². The first-order chi connectivity index (χ1) is 8.08. The zero-order chi connectivity index (χ0) is 12.8. The van der Waals surface area contributed by atoms with E-state index in [0.29, 0.717) is 25.7 Å². The maximum absolute atomic E-state index is 11.9. The van der Waals surface area contributed by atoms with E-state index in [0.717, 1.165) is 6.42 Å². The summed E-state index contributed by atoms with van der Waals surface area (Å²) < 4.78 is 0. The molecule has 0 aromatic rings. The number of aliphatic hydroxyl groups excluding tert-OH is 1. The van der Waals surface area contributed by atoms with Crippen LogP contribution in [0.2, 0.25) is 0 Å². The molecule has 1 fully saturated rings. The quantitative estimate of drug-likeness (QED) is 0.643. The Labute approximate surface area is 101 Å². The summed E-state index contributed by atoms with van der Waals surface area (Å²) in [6.07, 6.45) is 3.01. The molecule has 1 amide bonds. The fraction of sp³-hybridized carbons (Fsp3) is 0.833. The second-order valence-corrected chi connectivity index (χ2v) is 4.67. The van der Waals surface area contributed by atoms with Gasteiger partial charge in [0.1, 0.15) is 0 Å². The lowest BCUT2D eigenvalue weighted by Crippen LogP contribution is -2.38. The van der Waals surface area contributed by atoms with Crippen LogP contribution < -0.4 is 5.32 Å². The number of carboxylic acids is 1. The lowest BCUT2D eigenvalue weighted by molar-refractivity contribution is -0.141. The van der Waals surface area contributed by atoms with Crippen molar-refractivity contribution in [2.45, 2.75) is 45.1 Å². The van der Waals surface area contributed by atoms with E-state index in [1.807, 2.05) is 6.92 Å². The monoisotopic (exact) mass is 243 g/mol. The van der Waals surface area contributed by atoms with Crippen molar-refractivity contribution in [1.82, 2.24) is 5.32 Å². The Hall–Kier alpha value is -1.10. The highest BCUT2D eigenvalue weighted by molar-refractivity contribution is 5.81. The molecule has 0 aromatic carbocycles. The summed E-state index contributed by atoms with van der Waals surface area (Å²) in [5.74, 6) is -1.41. The SMILES string of the molecule is CCC(CCO)NC(=O)C1CCC(C(=O)O)C1. The average molecular weight is 243 g/mol. The summed E-state index contributed by atoms with van der Waals surface area (Å²) in [4.78, 5) is 22.7. The van der Waals surface area contributed by atoms with Gasteiger partial charge in [-0.25, -0.2) is 0 Å². The number of rotatable bonds is 6. The smallest absolute Gasteiger partial charge is 0.306 e. The van der Waals surface area contributed by atoms with Crippen molar-refractivity contribution in [2.75, 3.05) is 6.61 Å². The van der Waals surface area contributed by atoms with Crippen molar-refractivity contribution >= 4 is 11.9 Å². The number of carbonyl (C=O) groups is 2. The molecule has 0 saturated heterocycles. The lowest BCUT2D eigenvalue weighted by atomic mass is 10.0. The molecule has 0 heterocycles. The minimum Gasteiger partial charge on any atom is -0.481 e. The van der Waals surface area contributed by atoms with Gasteiger partial charge in [0.2, 0.25) is 5.91 Å². The van der Waals surface area contributed by atoms with Crippen molar-refractivity contribution in [3.05, 3.63) is 0 Å². The van der Waals surface area contributed by atoms with Gasteiger partial charge in [0.15, 0.2) is 0 Å². The molecule has 1 aliphatic carbocycles. The molecule has 0 aromatic heterocycles. The van der Waals surface area contributed by atoms with E-state index in [-0.39, 0.29) is 30.4 Å². The first-order valence-corrected chi connectivity index (χ1v) is 6.22. The van der Waals surface area contributed by atoms with Gasteiger partial charge in [-0.1, -0.05) is 6.92 Å². The number of aliphatic carboxylic acids is 1. The van der Waals surface area contributed by atoms with Crippen molar-refractivity contribution in [2.24, 2.45) is 11.8 Å². The summed E-state index contributed by atoms with van der Waals surface area (Å²) in [7, 11) is 0. The Morgan fingerprint density at radius 1 is 1.35 bits per heavy atom. The molecule has 0 radical (unpaired) electrons. The summed E-state index contributed by atoms with van der Waals surface area (Å²) in [5.41, 5.74) is 0. The minimum absolute atomic E-state index is 0.00335. The molecule has 98 valence electrons. The van der Waals surface area contributed by atoms with Crippen LogP contribution >= 0.6 is 0 Å². The average Bonchev–Trinajstić information content (AvgIpc) is 2.77. The van der Waals surface area contributed by atoms with E-state index in [4.69, 9.17) is 10.2 Å². The van der Waals surface area contributed by atoms with Gasteiger partial charge >= 0.3 is 5.97 Å². The number of hydrogen-bond donors (Lipinski definition) is 3. The zero-order valence-corrected chi connectivity index (χ0v) is 10.2. The highest BCUT2D eigenvalue weighted by Gasteiger charge is 2.34. The lowest BCUT2D eigenvalue weighted by Gasteiger charge is -2.18. The standard InChI is InChI=1S/C12H21NO4/c1-2-10(5-6-14)13-11(15)8-3-4-9(7-8)12(16)17/h8-10,14H,2-7H2,1H3,(H,13,15)(H,16,17).